The number of hydrogen-bond acceptors (Lipinski definition) is 3. The van der Waals surface area contributed by atoms with Crippen molar-refractivity contribution in [2.45, 2.75) is 38.8 Å². The highest BCUT2D eigenvalue weighted by molar-refractivity contribution is 4.79. The molecule has 1 aliphatic heterocycles. The van der Waals surface area contributed by atoms with Crippen LogP contribution in [0.1, 0.15) is 26.7 Å². The van der Waals surface area contributed by atoms with Crippen molar-refractivity contribution in [1.82, 2.24) is 9.80 Å². The van der Waals surface area contributed by atoms with E-state index in [2.05, 4.69) is 37.7 Å². The van der Waals surface area contributed by atoms with Crippen LogP contribution in [0.3, 0.4) is 0 Å². The summed E-state index contributed by atoms with van der Waals surface area (Å²) in [5, 5.41) is 0. The molecule has 0 radical (unpaired) electrons. The molecule has 15 heavy (non-hydrogen) atoms. The van der Waals surface area contributed by atoms with Gasteiger partial charge in [-0.05, 0) is 46.3 Å². The molecule has 1 heterocycles. The second-order valence-corrected chi connectivity index (χ2v) is 5.33. The van der Waals surface area contributed by atoms with E-state index in [4.69, 9.17) is 5.73 Å². The number of nitrogens with zero attached hydrogens (tertiary/aromatic N) is 2. The molecular formula is C12H27N3. The Morgan fingerprint density at radius 2 is 2.13 bits per heavy atom. The molecule has 2 N–H and O–H groups in total. The highest BCUT2D eigenvalue weighted by Crippen LogP contribution is 2.15. The molecule has 1 fully saturated rings. The summed E-state index contributed by atoms with van der Waals surface area (Å²) in [6.45, 7) is 7.94. The zero-order valence-corrected chi connectivity index (χ0v) is 10.7. The van der Waals surface area contributed by atoms with Crippen LogP contribution in [0.25, 0.3) is 0 Å². The van der Waals surface area contributed by atoms with Gasteiger partial charge in [0.1, 0.15) is 0 Å². The predicted molar refractivity (Wildman–Crippen MR) is 66.0 cm³/mol. The monoisotopic (exact) mass is 213 g/mol. The minimum Gasteiger partial charge on any atom is -0.328 e. The lowest BCUT2D eigenvalue weighted by Gasteiger charge is -2.37. The maximum absolute atomic E-state index is 5.90. The molecule has 3 nitrogen and oxygen atoms in total. The molecule has 0 saturated carbocycles. The summed E-state index contributed by atoms with van der Waals surface area (Å²) in [5.41, 5.74) is 5.90. The summed E-state index contributed by atoms with van der Waals surface area (Å²) >= 11 is 0. The van der Waals surface area contributed by atoms with E-state index in [-0.39, 0.29) is 0 Å². The van der Waals surface area contributed by atoms with E-state index < -0.39 is 0 Å². The molecule has 90 valence electrons. The maximum atomic E-state index is 5.90. The van der Waals surface area contributed by atoms with Crippen molar-refractivity contribution < 1.29 is 0 Å². The van der Waals surface area contributed by atoms with Gasteiger partial charge in [0.15, 0.2) is 0 Å². The van der Waals surface area contributed by atoms with E-state index >= 15 is 0 Å². The molecule has 0 aromatic carbocycles. The largest absolute Gasteiger partial charge is 0.328 e. The third-order valence-electron chi connectivity index (χ3n) is 3.70. The predicted octanol–water partition coefficient (Wildman–Crippen LogP) is 0.996. The van der Waals surface area contributed by atoms with Crippen LogP contribution in [0.4, 0.5) is 0 Å². The Morgan fingerprint density at radius 1 is 1.47 bits per heavy atom. The van der Waals surface area contributed by atoms with Gasteiger partial charge in [-0.3, -0.25) is 0 Å². The highest BCUT2D eigenvalue weighted by atomic mass is 15.2. The van der Waals surface area contributed by atoms with Crippen LogP contribution < -0.4 is 5.73 Å². The lowest BCUT2D eigenvalue weighted by Crippen LogP contribution is -2.47. The van der Waals surface area contributed by atoms with Crippen LogP contribution in [0.5, 0.6) is 0 Å². The Labute approximate surface area is 94.6 Å². The standard InChI is InChI=1S/C12H27N3/c1-10(11(2)13)8-15(4)12-6-5-7-14(3)9-12/h10-12H,5-9,13H2,1-4H3. The van der Waals surface area contributed by atoms with Gasteiger partial charge in [-0.15, -0.1) is 0 Å². The van der Waals surface area contributed by atoms with Gasteiger partial charge in [0, 0.05) is 25.2 Å². The third kappa shape index (κ3) is 4.09. The average molecular weight is 213 g/mol. The van der Waals surface area contributed by atoms with Gasteiger partial charge in [0.25, 0.3) is 0 Å². The SMILES string of the molecule is CC(N)C(C)CN(C)C1CCCN(C)C1. The minimum atomic E-state index is 0.300. The number of likely N-dealkylation sites (tertiary alicyclic amines) is 1. The van der Waals surface area contributed by atoms with Crippen LogP contribution in [-0.2, 0) is 0 Å². The molecule has 3 unspecified atom stereocenters. The number of nitrogens with two attached hydrogens (primary N) is 1. The van der Waals surface area contributed by atoms with Gasteiger partial charge in [0.05, 0.1) is 0 Å². The number of likely N-dealkylation sites (N-methyl/N-ethyl adjacent to an activating group) is 2. The van der Waals surface area contributed by atoms with Gasteiger partial charge < -0.3 is 15.5 Å². The molecule has 1 rings (SSSR count). The molecular weight excluding hydrogens is 186 g/mol. The van der Waals surface area contributed by atoms with Gasteiger partial charge in [0.2, 0.25) is 0 Å². The Bertz CT molecular complexity index is 182. The fourth-order valence-corrected chi connectivity index (χ4v) is 2.27. The Morgan fingerprint density at radius 3 is 2.67 bits per heavy atom. The van der Waals surface area contributed by atoms with Crippen molar-refractivity contribution in [3.05, 3.63) is 0 Å². The van der Waals surface area contributed by atoms with Crippen LogP contribution >= 0.6 is 0 Å². The van der Waals surface area contributed by atoms with Gasteiger partial charge in [-0.2, -0.15) is 0 Å². The first kappa shape index (κ1) is 12.9. The first-order valence-electron chi connectivity index (χ1n) is 6.15. The molecule has 0 bridgehead atoms. The zero-order chi connectivity index (χ0) is 11.4. The molecule has 0 amide bonds. The topological polar surface area (TPSA) is 32.5 Å². The molecule has 1 aliphatic rings. The fraction of sp³-hybridized carbons (Fsp3) is 1.00. The summed E-state index contributed by atoms with van der Waals surface area (Å²) in [6, 6.07) is 1.03. The molecule has 0 aromatic heterocycles. The van der Waals surface area contributed by atoms with Crippen LogP contribution in [0.2, 0.25) is 0 Å². The van der Waals surface area contributed by atoms with Crippen molar-refractivity contribution in [3.8, 4) is 0 Å². The van der Waals surface area contributed by atoms with Crippen molar-refractivity contribution in [2.24, 2.45) is 11.7 Å². The molecule has 0 aliphatic carbocycles. The zero-order valence-electron chi connectivity index (χ0n) is 10.7. The third-order valence-corrected chi connectivity index (χ3v) is 3.70. The molecule has 1 saturated heterocycles. The molecule has 3 heteroatoms. The first-order chi connectivity index (χ1) is 7.00. The summed E-state index contributed by atoms with van der Waals surface area (Å²) in [7, 11) is 4.46. The van der Waals surface area contributed by atoms with E-state index in [0.29, 0.717) is 12.0 Å². The summed E-state index contributed by atoms with van der Waals surface area (Å²) < 4.78 is 0. The fourth-order valence-electron chi connectivity index (χ4n) is 2.27. The number of rotatable bonds is 4. The Hall–Kier alpha value is -0.120. The van der Waals surface area contributed by atoms with E-state index in [9.17, 15) is 0 Å². The minimum absolute atomic E-state index is 0.300. The summed E-state index contributed by atoms with van der Waals surface area (Å²) in [4.78, 5) is 4.92. The lowest BCUT2D eigenvalue weighted by molar-refractivity contribution is 0.119. The second kappa shape index (κ2) is 5.83. The van der Waals surface area contributed by atoms with Crippen molar-refractivity contribution in [2.75, 3.05) is 33.7 Å². The molecule has 0 spiro atoms. The normalized spacial score (nSPS) is 28.0. The van der Waals surface area contributed by atoms with E-state index in [1.54, 1.807) is 0 Å². The highest BCUT2D eigenvalue weighted by Gasteiger charge is 2.22. The Kier molecular flexibility index (Phi) is 5.03. The maximum Gasteiger partial charge on any atom is 0.0220 e. The van der Waals surface area contributed by atoms with Crippen LogP contribution in [0, 0.1) is 5.92 Å². The summed E-state index contributed by atoms with van der Waals surface area (Å²) in [5.74, 6) is 0.585. The second-order valence-electron chi connectivity index (χ2n) is 5.33. The Balaban J connectivity index is 2.35. The number of piperidine rings is 1. The van der Waals surface area contributed by atoms with Gasteiger partial charge in [-0.25, -0.2) is 0 Å². The lowest BCUT2D eigenvalue weighted by atomic mass is 10.0. The van der Waals surface area contributed by atoms with Crippen molar-refractivity contribution in [1.29, 1.82) is 0 Å². The molecule has 3 atom stereocenters. The van der Waals surface area contributed by atoms with Crippen LogP contribution in [0.15, 0.2) is 0 Å². The molecule has 0 aromatic rings. The van der Waals surface area contributed by atoms with E-state index in [0.717, 1.165) is 12.6 Å². The first-order valence-corrected chi connectivity index (χ1v) is 6.15. The van der Waals surface area contributed by atoms with Crippen molar-refractivity contribution >= 4 is 0 Å². The smallest absolute Gasteiger partial charge is 0.0220 e. The van der Waals surface area contributed by atoms with E-state index in [1.807, 2.05) is 0 Å². The average Bonchev–Trinajstić information content (AvgIpc) is 2.17. The van der Waals surface area contributed by atoms with Crippen LogP contribution in [-0.4, -0.2) is 55.6 Å². The quantitative estimate of drug-likeness (QED) is 0.756. The number of hydrogen-bond donors (Lipinski definition) is 1. The van der Waals surface area contributed by atoms with Gasteiger partial charge in [-0.1, -0.05) is 6.92 Å². The summed E-state index contributed by atoms with van der Waals surface area (Å²) in [6.07, 6.45) is 2.67. The van der Waals surface area contributed by atoms with Gasteiger partial charge >= 0.3 is 0 Å². The van der Waals surface area contributed by atoms with Crippen molar-refractivity contribution in [3.63, 3.8) is 0 Å². The van der Waals surface area contributed by atoms with E-state index in [1.165, 1.54) is 25.9 Å².